The van der Waals surface area contributed by atoms with E-state index in [1.165, 1.54) is 13.1 Å². The van der Waals surface area contributed by atoms with E-state index in [0.29, 0.717) is 29.4 Å². The van der Waals surface area contributed by atoms with Crippen molar-refractivity contribution in [2.45, 2.75) is 32.9 Å². The summed E-state index contributed by atoms with van der Waals surface area (Å²) in [6.07, 6.45) is 2.46. The molecular weight excluding hydrogens is 532 g/mol. The molecule has 0 saturated heterocycles. The molecule has 0 aliphatic rings. The lowest BCUT2D eigenvalue weighted by atomic mass is 10.1. The molecule has 2 N–H and O–H groups in total. The van der Waals surface area contributed by atoms with E-state index in [9.17, 15) is 18.0 Å². The Morgan fingerprint density at radius 2 is 1.52 bits per heavy atom. The smallest absolute Gasteiger partial charge is 0.263 e. The number of carbonyl (C=O) groups excluding carboxylic acids is 2. The fourth-order valence-corrected chi connectivity index (χ4v) is 5.01. The van der Waals surface area contributed by atoms with Gasteiger partial charge in [0.05, 0.1) is 30.8 Å². The third-order valence-electron chi connectivity index (χ3n) is 5.81. The van der Waals surface area contributed by atoms with Crippen LogP contribution in [-0.2, 0) is 19.6 Å². The summed E-state index contributed by atoms with van der Waals surface area (Å²) in [6.45, 7) is 5.57. The highest BCUT2D eigenvalue weighted by Gasteiger charge is 2.29. The number of hydrogen-bond acceptors (Lipinski definition) is 7. The van der Waals surface area contributed by atoms with Crippen LogP contribution in [0.4, 0.5) is 5.69 Å². The first kappa shape index (κ1) is 30.2. The van der Waals surface area contributed by atoms with Gasteiger partial charge in [-0.05, 0) is 80.4 Å². The fourth-order valence-electron chi connectivity index (χ4n) is 3.84. The SMILES string of the molecule is CCOc1ccc(N(C(C)C(=O)N/N=C/c2ccc(OCC(=O)NC(C)c3ccccc3)cc2)S(C)(=O)=O)cc1. The number of nitrogens with one attached hydrogen (secondary N) is 2. The zero-order chi connectivity index (χ0) is 29.1. The van der Waals surface area contributed by atoms with Crippen LogP contribution in [0.25, 0.3) is 0 Å². The minimum atomic E-state index is -3.76. The zero-order valence-corrected chi connectivity index (χ0v) is 23.7. The number of rotatable bonds is 13. The first-order chi connectivity index (χ1) is 19.1. The summed E-state index contributed by atoms with van der Waals surface area (Å²) < 4.78 is 36.9. The van der Waals surface area contributed by atoms with Gasteiger partial charge in [-0.3, -0.25) is 13.9 Å². The van der Waals surface area contributed by atoms with Gasteiger partial charge < -0.3 is 14.8 Å². The molecule has 3 aromatic rings. The van der Waals surface area contributed by atoms with Gasteiger partial charge in [-0.1, -0.05) is 30.3 Å². The van der Waals surface area contributed by atoms with Gasteiger partial charge in [0.2, 0.25) is 10.0 Å². The second-order valence-electron chi connectivity index (χ2n) is 8.95. The van der Waals surface area contributed by atoms with E-state index in [1.54, 1.807) is 48.5 Å². The number of sulfonamides is 1. The van der Waals surface area contributed by atoms with Crippen LogP contribution in [0.1, 0.15) is 37.9 Å². The van der Waals surface area contributed by atoms with Crippen molar-refractivity contribution in [1.29, 1.82) is 0 Å². The number of hydrazone groups is 1. The Bertz CT molecular complexity index is 1390. The van der Waals surface area contributed by atoms with Crippen LogP contribution in [0.2, 0.25) is 0 Å². The second kappa shape index (κ2) is 14.1. The molecule has 3 rings (SSSR count). The molecule has 2 unspecified atom stereocenters. The molecule has 0 aromatic heterocycles. The van der Waals surface area contributed by atoms with Gasteiger partial charge in [0, 0.05) is 0 Å². The second-order valence-corrected chi connectivity index (χ2v) is 10.8. The number of ether oxygens (including phenoxy) is 2. The standard InChI is InChI=1S/C29H34N4O6S/c1-5-38-26-17-13-25(14-18-26)33(40(4,36)37)22(3)29(35)32-30-19-23-11-15-27(16-12-23)39-20-28(34)31-21(2)24-9-7-6-8-10-24/h6-19,21-22H,5,20H2,1-4H3,(H,31,34)(H,32,35)/b30-19+. The maximum atomic E-state index is 12.7. The largest absolute Gasteiger partial charge is 0.494 e. The maximum Gasteiger partial charge on any atom is 0.263 e. The average Bonchev–Trinajstić information content (AvgIpc) is 2.93. The van der Waals surface area contributed by atoms with E-state index in [1.807, 2.05) is 44.2 Å². The van der Waals surface area contributed by atoms with Gasteiger partial charge in [-0.25, -0.2) is 13.8 Å². The number of benzene rings is 3. The van der Waals surface area contributed by atoms with Gasteiger partial charge in [-0.2, -0.15) is 5.10 Å². The lowest BCUT2D eigenvalue weighted by Gasteiger charge is -2.27. The van der Waals surface area contributed by atoms with Crippen LogP contribution in [0.15, 0.2) is 84.0 Å². The molecule has 40 heavy (non-hydrogen) atoms. The quantitative estimate of drug-likeness (QED) is 0.240. The van der Waals surface area contributed by atoms with Gasteiger partial charge in [-0.15, -0.1) is 0 Å². The predicted molar refractivity (Wildman–Crippen MR) is 155 cm³/mol. The minimum absolute atomic E-state index is 0.135. The van der Waals surface area contributed by atoms with Crippen molar-refractivity contribution >= 4 is 33.7 Å². The van der Waals surface area contributed by atoms with E-state index in [0.717, 1.165) is 16.1 Å². The van der Waals surface area contributed by atoms with Crippen molar-refractivity contribution in [2.24, 2.45) is 5.10 Å². The molecule has 2 amide bonds. The van der Waals surface area contributed by atoms with Crippen molar-refractivity contribution in [3.63, 3.8) is 0 Å². The lowest BCUT2D eigenvalue weighted by molar-refractivity contribution is -0.124. The molecule has 0 spiro atoms. The maximum absolute atomic E-state index is 12.7. The Kier molecular flexibility index (Phi) is 10.7. The highest BCUT2D eigenvalue weighted by Crippen LogP contribution is 2.24. The van der Waals surface area contributed by atoms with Crippen molar-refractivity contribution in [3.05, 3.63) is 90.0 Å². The highest BCUT2D eigenvalue weighted by atomic mass is 32.2. The number of anilines is 1. The Balaban J connectivity index is 1.52. The number of amides is 2. The van der Waals surface area contributed by atoms with Gasteiger partial charge in [0.1, 0.15) is 17.5 Å². The summed E-state index contributed by atoms with van der Waals surface area (Å²) in [5, 5.41) is 6.84. The molecule has 0 saturated carbocycles. The van der Waals surface area contributed by atoms with E-state index in [-0.39, 0.29) is 18.6 Å². The summed E-state index contributed by atoms with van der Waals surface area (Å²) in [4.78, 5) is 24.9. The monoisotopic (exact) mass is 566 g/mol. The van der Waals surface area contributed by atoms with E-state index < -0.39 is 22.0 Å². The molecular formula is C29H34N4O6S. The number of hydrogen-bond donors (Lipinski definition) is 2. The molecule has 0 bridgehead atoms. The van der Waals surface area contributed by atoms with Crippen LogP contribution in [0, 0.1) is 0 Å². The number of nitrogens with zero attached hydrogens (tertiary/aromatic N) is 2. The normalized spacial score (nSPS) is 12.8. The third-order valence-corrected chi connectivity index (χ3v) is 7.05. The Morgan fingerprint density at radius 1 is 0.925 bits per heavy atom. The molecule has 0 fully saturated rings. The average molecular weight is 567 g/mol. The molecule has 2 atom stereocenters. The topological polar surface area (TPSA) is 126 Å². The van der Waals surface area contributed by atoms with Crippen LogP contribution in [0.3, 0.4) is 0 Å². The molecule has 0 heterocycles. The van der Waals surface area contributed by atoms with Crippen LogP contribution in [-0.4, -0.2) is 52.0 Å². The molecule has 0 aliphatic heterocycles. The Hall–Kier alpha value is -4.38. The molecule has 0 aliphatic carbocycles. The van der Waals surface area contributed by atoms with Crippen molar-refractivity contribution in [3.8, 4) is 11.5 Å². The predicted octanol–water partition coefficient (Wildman–Crippen LogP) is 3.65. The van der Waals surface area contributed by atoms with Gasteiger partial charge in [0.15, 0.2) is 6.61 Å². The van der Waals surface area contributed by atoms with E-state index >= 15 is 0 Å². The van der Waals surface area contributed by atoms with E-state index in [4.69, 9.17) is 9.47 Å². The summed E-state index contributed by atoms with van der Waals surface area (Å²) in [5.41, 5.74) is 4.38. The molecule has 11 heteroatoms. The summed E-state index contributed by atoms with van der Waals surface area (Å²) >= 11 is 0. The summed E-state index contributed by atoms with van der Waals surface area (Å²) in [6, 6.07) is 21.7. The van der Waals surface area contributed by atoms with Crippen molar-refractivity contribution in [1.82, 2.24) is 10.7 Å². The summed E-state index contributed by atoms with van der Waals surface area (Å²) in [7, 11) is -3.76. The molecule has 212 valence electrons. The van der Waals surface area contributed by atoms with Crippen LogP contribution in [0.5, 0.6) is 11.5 Å². The molecule has 0 radical (unpaired) electrons. The van der Waals surface area contributed by atoms with E-state index in [2.05, 4.69) is 15.8 Å². The lowest BCUT2D eigenvalue weighted by Crippen LogP contribution is -2.46. The van der Waals surface area contributed by atoms with Gasteiger partial charge in [0.25, 0.3) is 11.8 Å². The zero-order valence-electron chi connectivity index (χ0n) is 22.9. The first-order valence-electron chi connectivity index (χ1n) is 12.7. The first-order valence-corrected chi connectivity index (χ1v) is 14.6. The van der Waals surface area contributed by atoms with Crippen molar-refractivity contribution in [2.75, 3.05) is 23.8 Å². The minimum Gasteiger partial charge on any atom is -0.494 e. The molecule has 3 aromatic carbocycles. The van der Waals surface area contributed by atoms with Gasteiger partial charge >= 0.3 is 0 Å². The van der Waals surface area contributed by atoms with Crippen LogP contribution >= 0.6 is 0 Å². The Morgan fingerprint density at radius 3 is 2.12 bits per heavy atom. The van der Waals surface area contributed by atoms with Crippen molar-refractivity contribution < 1.29 is 27.5 Å². The summed E-state index contributed by atoms with van der Waals surface area (Å²) in [5.74, 6) is 0.244. The highest BCUT2D eigenvalue weighted by molar-refractivity contribution is 7.92. The Labute approximate surface area is 235 Å². The third kappa shape index (κ3) is 8.84. The number of carbonyl (C=O) groups is 2. The molecule has 10 nitrogen and oxygen atoms in total. The fraction of sp³-hybridized carbons (Fsp3) is 0.276. The van der Waals surface area contributed by atoms with Crippen LogP contribution < -0.4 is 24.5 Å².